The zero-order valence-corrected chi connectivity index (χ0v) is 21.4. The lowest BCUT2D eigenvalue weighted by molar-refractivity contribution is -0.193. The van der Waals surface area contributed by atoms with E-state index in [1.165, 1.54) is 0 Å². The topological polar surface area (TPSA) is 146 Å². The summed E-state index contributed by atoms with van der Waals surface area (Å²) in [7, 11) is -3.54. The van der Waals surface area contributed by atoms with E-state index in [2.05, 4.69) is 14.6 Å². The summed E-state index contributed by atoms with van der Waals surface area (Å²) < 4.78 is 97.4. The number of carboxylic acids is 2. The van der Waals surface area contributed by atoms with E-state index in [0.717, 1.165) is 38.2 Å². The number of pyridine rings is 1. The van der Waals surface area contributed by atoms with Gasteiger partial charge in [0.1, 0.15) is 10.6 Å². The van der Waals surface area contributed by atoms with E-state index in [1.54, 1.807) is 24.3 Å². The van der Waals surface area contributed by atoms with Gasteiger partial charge in [-0.1, -0.05) is 18.2 Å². The van der Waals surface area contributed by atoms with E-state index in [0.29, 0.717) is 18.9 Å². The Kier molecular flexibility index (Phi) is 10.9. The normalized spacial score (nSPS) is 18.2. The molecule has 2 aliphatic rings. The van der Waals surface area contributed by atoms with E-state index in [9.17, 15) is 34.8 Å². The molecule has 3 heterocycles. The first kappa shape index (κ1) is 32.8. The Balaban J connectivity index is 0.000000333. The predicted octanol–water partition coefficient (Wildman–Crippen LogP) is 3.30. The molecule has 3 N–H and O–H groups in total. The van der Waals surface area contributed by atoms with Crippen molar-refractivity contribution in [3.8, 4) is 5.75 Å². The van der Waals surface area contributed by atoms with Gasteiger partial charge in [0.2, 0.25) is 10.0 Å². The summed E-state index contributed by atoms with van der Waals surface area (Å²) >= 11 is 0. The second kappa shape index (κ2) is 13.3. The molecular formula is C23H25F6N3O7S. The standard InChI is InChI=1S/C19H23N3O3S.2C2HF3O2/c23-26(24)18-7-2-1-6-17(18)25-15-19(14-21-26)8-11-22(12-9-19)13-16-5-3-4-10-20-16;2*3-2(4,5)1(6)7/h1-7,10,21H,8-9,11-15H2;2*(H,6,7). The summed E-state index contributed by atoms with van der Waals surface area (Å²) in [5.41, 5.74) is 0.897. The molecule has 1 fully saturated rings. The molecule has 0 aliphatic carbocycles. The average Bonchev–Trinajstić information content (AvgIpc) is 2.87. The number of sulfonamides is 1. The molecule has 0 saturated carbocycles. The van der Waals surface area contributed by atoms with Gasteiger partial charge in [-0.05, 0) is 50.2 Å². The molecular weight excluding hydrogens is 576 g/mol. The molecule has 17 heteroatoms. The fourth-order valence-electron chi connectivity index (χ4n) is 3.63. The quantitative estimate of drug-likeness (QED) is 0.442. The summed E-state index contributed by atoms with van der Waals surface area (Å²) in [5, 5.41) is 14.2. The molecule has 2 aromatic rings. The fourth-order valence-corrected chi connectivity index (χ4v) is 4.93. The summed E-state index contributed by atoms with van der Waals surface area (Å²) in [4.78, 5) is 24.8. The molecule has 1 aromatic heterocycles. The van der Waals surface area contributed by atoms with Gasteiger partial charge in [-0.25, -0.2) is 22.7 Å². The number of alkyl halides is 6. The van der Waals surface area contributed by atoms with Crippen LogP contribution >= 0.6 is 0 Å². The van der Waals surface area contributed by atoms with Gasteiger partial charge in [-0.15, -0.1) is 0 Å². The molecule has 0 atom stereocenters. The number of carbonyl (C=O) groups is 2. The van der Waals surface area contributed by atoms with Crippen LogP contribution in [-0.4, -0.2) is 79.0 Å². The van der Waals surface area contributed by atoms with Crippen LogP contribution in [0.1, 0.15) is 18.5 Å². The molecule has 0 radical (unpaired) electrons. The Labute approximate surface area is 224 Å². The van der Waals surface area contributed by atoms with Gasteiger partial charge in [0, 0.05) is 24.7 Å². The molecule has 1 spiro atoms. The number of likely N-dealkylation sites (tertiary alicyclic amines) is 1. The molecule has 2 aliphatic heterocycles. The lowest BCUT2D eigenvalue weighted by Gasteiger charge is -2.42. The van der Waals surface area contributed by atoms with E-state index in [4.69, 9.17) is 24.5 Å². The van der Waals surface area contributed by atoms with Crippen LogP contribution in [0.3, 0.4) is 0 Å². The predicted molar refractivity (Wildman–Crippen MR) is 126 cm³/mol. The Morgan fingerprint density at radius 3 is 1.98 bits per heavy atom. The number of ether oxygens (including phenoxy) is 1. The summed E-state index contributed by atoms with van der Waals surface area (Å²) in [6.07, 6.45) is -6.56. The lowest BCUT2D eigenvalue weighted by atomic mass is 9.79. The van der Waals surface area contributed by atoms with Crippen molar-refractivity contribution < 1.29 is 59.3 Å². The zero-order chi connectivity index (χ0) is 30.2. The van der Waals surface area contributed by atoms with Crippen molar-refractivity contribution in [2.45, 2.75) is 36.6 Å². The Morgan fingerprint density at radius 1 is 0.950 bits per heavy atom. The largest absolute Gasteiger partial charge is 0.492 e. The van der Waals surface area contributed by atoms with Crippen molar-refractivity contribution in [1.29, 1.82) is 0 Å². The maximum absolute atomic E-state index is 12.6. The maximum Gasteiger partial charge on any atom is 0.490 e. The highest BCUT2D eigenvalue weighted by atomic mass is 32.2. The number of rotatable bonds is 2. The molecule has 0 unspecified atom stereocenters. The van der Waals surface area contributed by atoms with Crippen molar-refractivity contribution in [2.75, 3.05) is 26.2 Å². The second-order valence-electron chi connectivity index (χ2n) is 8.76. The first-order valence-electron chi connectivity index (χ1n) is 11.4. The molecule has 222 valence electrons. The summed E-state index contributed by atoms with van der Waals surface area (Å²) in [5.74, 6) is -5.07. The Morgan fingerprint density at radius 2 is 1.48 bits per heavy atom. The second-order valence-corrected chi connectivity index (χ2v) is 10.5. The monoisotopic (exact) mass is 601 g/mol. The highest BCUT2D eigenvalue weighted by molar-refractivity contribution is 7.89. The van der Waals surface area contributed by atoms with E-state index in [-0.39, 0.29) is 10.3 Å². The van der Waals surface area contributed by atoms with Gasteiger partial charge in [-0.2, -0.15) is 26.3 Å². The number of hydrogen-bond donors (Lipinski definition) is 3. The SMILES string of the molecule is O=C(O)C(F)(F)F.O=C(O)C(F)(F)F.O=S1(=O)NCC2(CCN(Cc3ccccn3)CC2)COc2ccccc21. The van der Waals surface area contributed by atoms with Crippen LogP contribution in [0.15, 0.2) is 53.6 Å². The lowest BCUT2D eigenvalue weighted by Crippen LogP contribution is -2.50. The van der Waals surface area contributed by atoms with Crippen LogP contribution in [0, 0.1) is 5.41 Å². The fraction of sp³-hybridized carbons (Fsp3) is 0.435. The number of aromatic nitrogens is 1. The minimum atomic E-state index is -5.08. The number of nitrogens with one attached hydrogen (secondary N) is 1. The third-order valence-corrected chi connectivity index (χ3v) is 7.26. The molecule has 0 bridgehead atoms. The number of carboxylic acid groups (broad SMARTS) is 2. The number of hydrogen-bond acceptors (Lipinski definition) is 7. The first-order chi connectivity index (χ1) is 18.5. The first-order valence-corrected chi connectivity index (χ1v) is 12.9. The van der Waals surface area contributed by atoms with E-state index < -0.39 is 34.3 Å². The van der Waals surface area contributed by atoms with Crippen molar-refractivity contribution in [1.82, 2.24) is 14.6 Å². The number of aliphatic carboxylic acids is 2. The highest BCUT2D eigenvalue weighted by Crippen LogP contribution is 2.36. The van der Waals surface area contributed by atoms with Crippen LogP contribution in [0.25, 0.3) is 0 Å². The Hall–Kier alpha value is -3.44. The number of halogens is 6. The van der Waals surface area contributed by atoms with Crippen LogP contribution in [0.2, 0.25) is 0 Å². The third-order valence-electron chi connectivity index (χ3n) is 5.82. The van der Waals surface area contributed by atoms with Crippen LogP contribution in [0.4, 0.5) is 26.3 Å². The average molecular weight is 602 g/mol. The van der Waals surface area contributed by atoms with Gasteiger partial charge in [-0.3, -0.25) is 9.88 Å². The highest BCUT2D eigenvalue weighted by Gasteiger charge is 2.40. The minimum absolute atomic E-state index is 0.165. The molecule has 0 amide bonds. The van der Waals surface area contributed by atoms with Crippen LogP contribution in [0.5, 0.6) is 5.75 Å². The van der Waals surface area contributed by atoms with Gasteiger partial charge in [0.25, 0.3) is 0 Å². The van der Waals surface area contributed by atoms with Crippen molar-refractivity contribution in [3.63, 3.8) is 0 Å². The summed E-state index contributed by atoms with van der Waals surface area (Å²) in [6.45, 7) is 3.59. The number of nitrogens with zero attached hydrogens (tertiary/aromatic N) is 2. The summed E-state index contributed by atoms with van der Waals surface area (Å²) in [6, 6.07) is 12.8. The van der Waals surface area contributed by atoms with Gasteiger partial charge in [0.15, 0.2) is 0 Å². The molecule has 4 rings (SSSR count). The molecule has 1 saturated heterocycles. The minimum Gasteiger partial charge on any atom is -0.492 e. The van der Waals surface area contributed by atoms with Crippen molar-refractivity contribution in [3.05, 3.63) is 54.4 Å². The number of benzene rings is 1. The van der Waals surface area contributed by atoms with Crippen molar-refractivity contribution >= 4 is 22.0 Å². The van der Waals surface area contributed by atoms with E-state index >= 15 is 0 Å². The smallest absolute Gasteiger partial charge is 0.490 e. The zero-order valence-electron chi connectivity index (χ0n) is 20.6. The van der Waals surface area contributed by atoms with E-state index in [1.807, 2.05) is 24.4 Å². The molecule has 1 aromatic carbocycles. The van der Waals surface area contributed by atoms with Crippen LogP contribution in [-0.2, 0) is 26.2 Å². The number of piperidine rings is 1. The number of para-hydroxylation sites is 1. The third kappa shape index (κ3) is 9.95. The maximum atomic E-state index is 12.6. The van der Waals surface area contributed by atoms with Gasteiger partial charge < -0.3 is 14.9 Å². The van der Waals surface area contributed by atoms with Gasteiger partial charge >= 0.3 is 24.3 Å². The number of fused-ring (bicyclic) bond motifs is 1. The molecule has 10 nitrogen and oxygen atoms in total. The molecule has 40 heavy (non-hydrogen) atoms. The van der Waals surface area contributed by atoms with Crippen LogP contribution < -0.4 is 9.46 Å². The Bertz CT molecular complexity index is 1230. The van der Waals surface area contributed by atoms with Crippen molar-refractivity contribution in [2.24, 2.45) is 5.41 Å². The van der Waals surface area contributed by atoms with Gasteiger partial charge in [0.05, 0.1) is 12.3 Å².